The molecule has 14 heteroatoms. The zero-order valence-corrected chi connectivity index (χ0v) is 33.8. The first-order valence-corrected chi connectivity index (χ1v) is 17.5. The number of carboxylic acids is 2. The van der Waals surface area contributed by atoms with Crippen molar-refractivity contribution in [2.45, 2.75) is 110 Å². The van der Waals surface area contributed by atoms with Crippen molar-refractivity contribution < 1.29 is 67.8 Å². The minimum absolute atomic E-state index is 0. The third kappa shape index (κ3) is 34.9. The Morgan fingerprint density at radius 1 is 0.593 bits per heavy atom. The fourth-order valence-electron chi connectivity index (χ4n) is 3.13. The van der Waals surface area contributed by atoms with Crippen LogP contribution in [0.1, 0.15) is 137 Å². The lowest BCUT2D eigenvalue weighted by Crippen LogP contribution is -2.12. The van der Waals surface area contributed by atoms with E-state index < -0.39 is 23.9 Å². The summed E-state index contributed by atoms with van der Waals surface area (Å²) in [5, 5.41) is 34.7. The van der Waals surface area contributed by atoms with Crippen molar-refractivity contribution in [2.75, 3.05) is 13.2 Å². The van der Waals surface area contributed by atoms with Gasteiger partial charge in [0.05, 0.1) is 13.2 Å². The Hall–Kier alpha value is -6.05. The van der Waals surface area contributed by atoms with Crippen molar-refractivity contribution in [3.63, 3.8) is 0 Å². The Kier molecular flexibility index (Phi) is 49.4. The summed E-state index contributed by atoms with van der Waals surface area (Å²) in [6.45, 7) is 23.9. The zero-order chi connectivity index (χ0) is 44.2. The van der Waals surface area contributed by atoms with Gasteiger partial charge in [-0.25, -0.2) is 14.4 Å². The van der Waals surface area contributed by atoms with Gasteiger partial charge in [-0.1, -0.05) is 80.3 Å². The van der Waals surface area contributed by atoms with E-state index in [-0.39, 0.29) is 81.6 Å². The zero-order valence-electron chi connectivity index (χ0n) is 33.8. The number of carbonyl (C=O) groups excluding carboxylic acids is 3. The molecule has 0 saturated heterocycles. The maximum atomic E-state index is 11.6. The van der Waals surface area contributed by atoms with Crippen molar-refractivity contribution in [3.8, 4) is 17.2 Å². The molecule has 0 fully saturated rings. The average molecular weight is 841 g/mol. The number of phenolic OH excluding ortho intramolecular Hbond substituents is 1. The van der Waals surface area contributed by atoms with Gasteiger partial charge in [-0.2, -0.15) is 0 Å². The lowest BCUT2D eigenvalue weighted by atomic mass is 10.1. The van der Waals surface area contributed by atoms with Gasteiger partial charge < -0.3 is 34.6 Å². The lowest BCUT2D eigenvalue weighted by molar-refractivity contribution is -0.136. The van der Waals surface area contributed by atoms with E-state index in [0.29, 0.717) is 6.61 Å². The number of rotatable bonds is 10. The number of hydrogen-bond donors (Lipinski definition) is 4. The molecular weight excluding hydrogens is 770 g/mol. The highest BCUT2D eigenvalue weighted by atomic mass is 20.0. The highest BCUT2D eigenvalue weighted by Gasteiger charge is 2.16. The molecule has 0 bridgehead atoms. The third-order valence-electron chi connectivity index (χ3n) is 6.06. The normalized spacial score (nSPS) is 8.32. The second-order valence-electron chi connectivity index (χ2n) is 10.8. The molecule has 0 heterocycles. The summed E-state index contributed by atoms with van der Waals surface area (Å²) in [6.07, 6.45) is 6.40. The smallest absolute Gasteiger partial charge is 0.341 e. The lowest BCUT2D eigenvalue weighted by Gasteiger charge is -2.09. The van der Waals surface area contributed by atoms with E-state index in [9.17, 15) is 29.1 Å². The van der Waals surface area contributed by atoms with E-state index in [0.717, 1.165) is 29.5 Å². The highest BCUT2D eigenvalue weighted by molar-refractivity contribution is 5.94. The molecule has 4 N–H and O–H groups in total. The van der Waals surface area contributed by atoms with Crippen molar-refractivity contribution in [1.29, 1.82) is 0 Å². The fourth-order valence-corrected chi connectivity index (χ4v) is 3.13. The first-order chi connectivity index (χ1) is 26.4. The van der Waals surface area contributed by atoms with E-state index in [4.69, 9.17) is 38.7 Å². The number of benzene rings is 3. The van der Waals surface area contributed by atoms with Gasteiger partial charge in [-0.3, -0.25) is 9.59 Å². The number of aliphatic carboxylic acids is 1. The van der Waals surface area contributed by atoms with Gasteiger partial charge in [0.25, 0.3) is 0 Å². The van der Waals surface area contributed by atoms with Crippen LogP contribution in [0.5, 0.6) is 17.2 Å². The molecular formula is C45H70F2O12. The molecule has 0 unspecified atom stereocenters. The van der Waals surface area contributed by atoms with Crippen LogP contribution in [0.25, 0.3) is 0 Å². The standard InChI is InChI=1S/C13H16O4.C10H12O3.C8H8O3.2C4H8.C3H6O2.3CH4.F2/c1-4-12(14)17-11-8-9(3)6-7-10(11)13(15)16-5-2;1-3-13-10(12)8-5-4-7(2)6-9(8)11;1-5-2-3-6(8(10)11)7(9)4-5;2*1-3-4-2;1-2-3(4)5;;;;1-2/h6-8H,4-5H2,1-3H3;4-6,11H,3H2,1-2H3;2-4,9H,1H3,(H,10,11);2*3H,1,4H2,2H3;2H2,1H3,(H,4,5);3*1H4;. The molecule has 0 atom stereocenters. The fraction of sp³-hybridized carbons (Fsp3) is 0.400. The van der Waals surface area contributed by atoms with Crippen LogP contribution in [0, 0.1) is 20.8 Å². The van der Waals surface area contributed by atoms with E-state index in [1.165, 1.54) is 18.2 Å². The van der Waals surface area contributed by atoms with Crippen LogP contribution >= 0.6 is 0 Å². The molecule has 0 saturated carbocycles. The van der Waals surface area contributed by atoms with Crippen molar-refractivity contribution in [2.24, 2.45) is 0 Å². The van der Waals surface area contributed by atoms with E-state index in [1.807, 2.05) is 26.0 Å². The summed E-state index contributed by atoms with van der Waals surface area (Å²) in [6, 6.07) is 14.3. The maximum Gasteiger partial charge on any atom is 0.341 e. The summed E-state index contributed by atoms with van der Waals surface area (Å²) in [4.78, 5) is 53.8. The average Bonchev–Trinajstić information content (AvgIpc) is 3.16. The highest BCUT2D eigenvalue weighted by Crippen LogP contribution is 2.22. The number of esters is 3. The number of carbonyl (C=O) groups is 5. The Bertz CT molecular complexity index is 1610. The van der Waals surface area contributed by atoms with Crippen molar-refractivity contribution in [1.82, 2.24) is 0 Å². The molecule has 0 aliphatic heterocycles. The van der Waals surface area contributed by atoms with Crippen molar-refractivity contribution >= 4 is 29.8 Å². The number of phenols is 2. The van der Waals surface area contributed by atoms with Crippen LogP contribution < -0.4 is 4.74 Å². The van der Waals surface area contributed by atoms with Gasteiger partial charge in [0.1, 0.15) is 33.9 Å². The summed E-state index contributed by atoms with van der Waals surface area (Å²) in [7, 11) is 0. The number of halogens is 2. The number of aromatic carboxylic acids is 1. The second kappa shape index (κ2) is 43.1. The van der Waals surface area contributed by atoms with Crippen LogP contribution in [-0.2, 0) is 19.1 Å². The topological polar surface area (TPSA) is 194 Å². The van der Waals surface area contributed by atoms with Crippen LogP contribution in [0.2, 0.25) is 0 Å². The monoisotopic (exact) mass is 840 g/mol. The van der Waals surface area contributed by atoms with Crippen LogP contribution in [0.3, 0.4) is 0 Å². The minimum atomic E-state index is -1.11. The largest absolute Gasteiger partial charge is 0.507 e. The predicted molar refractivity (Wildman–Crippen MR) is 233 cm³/mol. The van der Waals surface area contributed by atoms with E-state index in [2.05, 4.69) is 27.0 Å². The van der Waals surface area contributed by atoms with E-state index in [1.54, 1.807) is 71.0 Å². The quantitative estimate of drug-likeness (QED) is 0.0858. The van der Waals surface area contributed by atoms with Crippen LogP contribution in [-0.4, -0.2) is 63.5 Å². The molecule has 3 aromatic carbocycles. The Morgan fingerprint density at radius 2 is 0.915 bits per heavy atom. The molecule has 3 rings (SSSR count). The van der Waals surface area contributed by atoms with Gasteiger partial charge in [0.15, 0.2) is 0 Å². The van der Waals surface area contributed by atoms with Gasteiger partial charge in [0, 0.05) is 22.0 Å². The summed E-state index contributed by atoms with van der Waals surface area (Å²) < 4.78 is 30.7. The maximum absolute atomic E-state index is 11.6. The SMILES string of the molecule is C.C.C.C=CCC.C=CCC.CCC(=O)O.CCOC(=O)c1ccc(C)cc1O.CCOC(=O)c1ccc(C)cc1OC(=O)CC.Cc1ccc(C(=O)O)c(O)c1.FF. The molecule has 12 nitrogen and oxygen atoms in total. The number of carboxylic acid groups (broad SMARTS) is 2. The van der Waals surface area contributed by atoms with Gasteiger partial charge >= 0.3 is 29.8 Å². The first-order valence-electron chi connectivity index (χ1n) is 17.5. The molecule has 0 aliphatic carbocycles. The summed E-state index contributed by atoms with van der Waals surface area (Å²) in [5.41, 5.74) is 3.09. The molecule has 0 radical (unpaired) electrons. The van der Waals surface area contributed by atoms with Crippen molar-refractivity contribution in [3.05, 3.63) is 113 Å². The molecule has 0 spiro atoms. The Labute approximate surface area is 351 Å². The number of allylic oxidation sites excluding steroid dienone is 2. The molecule has 0 amide bonds. The van der Waals surface area contributed by atoms with E-state index >= 15 is 0 Å². The van der Waals surface area contributed by atoms with Crippen LogP contribution in [0.15, 0.2) is 79.9 Å². The summed E-state index contributed by atoms with van der Waals surface area (Å²) >= 11 is 0. The minimum Gasteiger partial charge on any atom is -0.507 e. The predicted octanol–water partition coefficient (Wildman–Crippen LogP) is 12.2. The number of aromatic hydroxyl groups is 2. The van der Waals surface area contributed by atoms with Crippen LogP contribution in [0.4, 0.5) is 9.15 Å². The molecule has 336 valence electrons. The number of ether oxygens (including phenoxy) is 3. The molecule has 0 aliphatic rings. The molecule has 3 aromatic rings. The second-order valence-corrected chi connectivity index (χ2v) is 10.8. The number of aryl methyl sites for hydroxylation is 3. The van der Waals surface area contributed by atoms with Gasteiger partial charge in [-0.15, -0.1) is 13.2 Å². The van der Waals surface area contributed by atoms with Gasteiger partial charge in [0.2, 0.25) is 0 Å². The van der Waals surface area contributed by atoms with Gasteiger partial charge in [-0.05, 0) is 101 Å². The Balaban J connectivity index is -0.000000116. The third-order valence-corrected chi connectivity index (χ3v) is 6.06. The Morgan fingerprint density at radius 3 is 1.20 bits per heavy atom. The summed E-state index contributed by atoms with van der Waals surface area (Å²) in [5.74, 6) is -3.15. The first kappa shape index (κ1) is 67.7. The molecule has 59 heavy (non-hydrogen) atoms. The number of hydrogen-bond acceptors (Lipinski definition) is 10. The molecule has 0 aromatic heterocycles.